The second kappa shape index (κ2) is 8.03. The minimum absolute atomic E-state index is 0.0899. The van der Waals surface area contributed by atoms with Gasteiger partial charge < -0.3 is 10.0 Å². The van der Waals surface area contributed by atoms with Gasteiger partial charge in [-0.25, -0.2) is 0 Å². The lowest BCUT2D eigenvalue weighted by molar-refractivity contribution is -0.138. The Morgan fingerprint density at radius 1 is 1.07 bits per heavy atom. The first-order chi connectivity index (χ1) is 13.5. The van der Waals surface area contributed by atoms with E-state index < -0.39 is 0 Å². The van der Waals surface area contributed by atoms with Crippen LogP contribution < -0.4 is 5.32 Å². The van der Waals surface area contributed by atoms with Crippen molar-refractivity contribution < 1.29 is 19.5 Å². The van der Waals surface area contributed by atoms with E-state index in [1.54, 1.807) is 0 Å². The first-order valence-corrected chi connectivity index (χ1v) is 10.4. The van der Waals surface area contributed by atoms with Gasteiger partial charge >= 0.3 is 0 Å². The van der Waals surface area contributed by atoms with Crippen molar-refractivity contribution in [1.82, 2.24) is 10.2 Å². The van der Waals surface area contributed by atoms with E-state index in [4.69, 9.17) is 0 Å². The summed E-state index contributed by atoms with van der Waals surface area (Å²) in [5, 5.41) is 11.7. The van der Waals surface area contributed by atoms with E-state index in [0.717, 1.165) is 43.2 Å². The average Bonchev–Trinajstić information content (AvgIpc) is 2.72. The molecule has 1 unspecified atom stereocenters. The highest BCUT2D eigenvalue weighted by molar-refractivity contribution is 6.00. The van der Waals surface area contributed by atoms with E-state index in [9.17, 15) is 19.5 Å². The van der Waals surface area contributed by atoms with Gasteiger partial charge in [-0.05, 0) is 61.1 Å². The number of aliphatic hydroxyl groups excluding tert-OH is 1. The average molecular weight is 384 g/mol. The Bertz CT molecular complexity index is 783. The molecular weight excluding hydrogens is 356 g/mol. The molecule has 3 aliphatic rings. The summed E-state index contributed by atoms with van der Waals surface area (Å²) in [6.07, 6.45) is 5.37. The van der Waals surface area contributed by atoms with Crippen LogP contribution in [-0.4, -0.2) is 40.9 Å². The smallest absolute Gasteiger partial charge is 0.234 e. The van der Waals surface area contributed by atoms with Gasteiger partial charge in [0.05, 0.1) is 5.92 Å². The van der Waals surface area contributed by atoms with Crippen LogP contribution in [0.2, 0.25) is 0 Å². The maximum atomic E-state index is 12.9. The van der Waals surface area contributed by atoms with E-state index in [1.807, 2.05) is 17.0 Å². The lowest BCUT2D eigenvalue weighted by atomic mass is 9.81. The molecule has 1 aromatic carbocycles. The van der Waals surface area contributed by atoms with Gasteiger partial charge in [-0.2, -0.15) is 0 Å². The summed E-state index contributed by atoms with van der Waals surface area (Å²) in [6, 6.07) is 6.10. The number of nitrogens with zero attached hydrogens (tertiary/aromatic N) is 1. The van der Waals surface area contributed by atoms with E-state index in [2.05, 4.69) is 11.4 Å². The zero-order valence-electron chi connectivity index (χ0n) is 16.2. The number of rotatable bonds is 3. The fraction of sp³-hybridized carbons (Fsp3) is 0.591. The summed E-state index contributed by atoms with van der Waals surface area (Å²) in [5.41, 5.74) is 3.32. The number of benzene rings is 1. The molecule has 2 heterocycles. The summed E-state index contributed by atoms with van der Waals surface area (Å²) in [6.45, 7) is 1.57. The lowest BCUT2D eigenvalue weighted by Gasteiger charge is -2.35. The summed E-state index contributed by atoms with van der Waals surface area (Å²) >= 11 is 0. The molecule has 6 heteroatoms. The van der Waals surface area contributed by atoms with Crippen molar-refractivity contribution in [3.8, 4) is 0 Å². The van der Waals surface area contributed by atoms with Gasteiger partial charge in [0.25, 0.3) is 0 Å². The molecule has 0 spiro atoms. The number of amides is 3. The number of hydrogen-bond donors (Lipinski definition) is 2. The largest absolute Gasteiger partial charge is 0.396 e. The zero-order valence-corrected chi connectivity index (χ0v) is 16.2. The molecule has 1 saturated heterocycles. The topological polar surface area (TPSA) is 86.7 Å². The second-order valence-corrected chi connectivity index (χ2v) is 8.44. The third-order valence-electron chi connectivity index (χ3n) is 6.65. The highest BCUT2D eigenvalue weighted by Crippen LogP contribution is 2.32. The molecule has 1 aliphatic carbocycles. The summed E-state index contributed by atoms with van der Waals surface area (Å²) < 4.78 is 0. The number of carbonyl (C=O) groups excluding carboxylic acids is 3. The van der Waals surface area contributed by atoms with Crippen molar-refractivity contribution in [3.05, 3.63) is 34.9 Å². The summed E-state index contributed by atoms with van der Waals surface area (Å²) in [4.78, 5) is 38.4. The van der Waals surface area contributed by atoms with Gasteiger partial charge in [0.2, 0.25) is 17.7 Å². The minimum Gasteiger partial charge on any atom is -0.396 e. The van der Waals surface area contributed by atoms with Crippen molar-refractivity contribution >= 4 is 17.7 Å². The monoisotopic (exact) mass is 384 g/mol. The Morgan fingerprint density at radius 2 is 1.86 bits per heavy atom. The van der Waals surface area contributed by atoms with Gasteiger partial charge in [0.1, 0.15) is 0 Å². The van der Waals surface area contributed by atoms with Crippen molar-refractivity contribution in [2.24, 2.45) is 11.8 Å². The molecule has 2 N–H and O–H groups in total. The van der Waals surface area contributed by atoms with Crippen LogP contribution in [0.15, 0.2) is 18.2 Å². The highest BCUT2D eigenvalue weighted by Gasteiger charge is 2.32. The van der Waals surface area contributed by atoms with E-state index in [-0.39, 0.29) is 36.2 Å². The number of fused-ring (bicyclic) bond motifs is 1. The molecule has 2 fully saturated rings. The van der Waals surface area contributed by atoms with Crippen LogP contribution >= 0.6 is 0 Å². The van der Waals surface area contributed by atoms with Crippen LogP contribution in [0.1, 0.15) is 61.1 Å². The van der Waals surface area contributed by atoms with Crippen molar-refractivity contribution in [1.29, 1.82) is 0 Å². The zero-order chi connectivity index (χ0) is 19.7. The van der Waals surface area contributed by atoms with Crippen LogP contribution in [0.3, 0.4) is 0 Å². The number of hydrogen-bond acceptors (Lipinski definition) is 4. The van der Waals surface area contributed by atoms with Crippen molar-refractivity contribution in [2.45, 2.75) is 57.4 Å². The molecule has 4 rings (SSSR count). The SMILES string of the molecule is O=C1CCC(c2ccc3c(c2)CCN(C(=O)[C@H]2CC[C@H](CO)CC2)C3)C(=O)N1. The molecule has 1 atom stereocenters. The highest BCUT2D eigenvalue weighted by atomic mass is 16.3. The molecule has 0 aromatic heterocycles. The van der Waals surface area contributed by atoms with Crippen LogP contribution in [0.4, 0.5) is 0 Å². The fourth-order valence-corrected chi connectivity index (χ4v) is 4.84. The first kappa shape index (κ1) is 19.1. The Kier molecular flexibility index (Phi) is 5.49. The predicted molar refractivity (Wildman–Crippen MR) is 103 cm³/mol. The summed E-state index contributed by atoms with van der Waals surface area (Å²) in [5.74, 6) is 0.0354. The molecule has 1 aromatic rings. The number of piperidine rings is 1. The number of imide groups is 1. The van der Waals surface area contributed by atoms with Gasteiger partial charge in [-0.3, -0.25) is 19.7 Å². The third-order valence-corrected chi connectivity index (χ3v) is 6.65. The molecular formula is C22H28N2O4. The molecule has 0 radical (unpaired) electrons. The number of aliphatic hydroxyl groups is 1. The van der Waals surface area contributed by atoms with E-state index in [1.165, 1.54) is 5.56 Å². The molecule has 28 heavy (non-hydrogen) atoms. The quantitative estimate of drug-likeness (QED) is 0.779. The Balaban J connectivity index is 1.41. The van der Waals surface area contributed by atoms with Crippen molar-refractivity contribution in [2.75, 3.05) is 13.2 Å². The van der Waals surface area contributed by atoms with Gasteiger partial charge in [0, 0.05) is 32.0 Å². The molecule has 1 saturated carbocycles. The van der Waals surface area contributed by atoms with Crippen LogP contribution in [0, 0.1) is 11.8 Å². The maximum Gasteiger partial charge on any atom is 0.234 e. The number of carbonyl (C=O) groups is 3. The standard InChI is InChI=1S/C22H28N2O4/c25-13-14-1-3-15(4-2-14)22(28)24-10-9-16-11-17(5-6-18(16)12-24)19-7-8-20(26)23-21(19)27/h5-6,11,14-15,19,25H,1-4,7-10,12-13H2,(H,23,26,27)/t14-,15-,19?. The lowest BCUT2D eigenvalue weighted by Crippen LogP contribution is -2.41. The Labute approximate surface area is 165 Å². The molecule has 2 aliphatic heterocycles. The summed E-state index contributed by atoms with van der Waals surface area (Å²) in [7, 11) is 0. The normalized spacial score (nSPS) is 27.9. The molecule has 6 nitrogen and oxygen atoms in total. The van der Waals surface area contributed by atoms with Crippen LogP contribution in [0.25, 0.3) is 0 Å². The fourth-order valence-electron chi connectivity index (χ4n) is 4.84. The first-order valence-electron chi connectivity index (χ1n) is 10.4. The van der Waals surface area contributed by atoms with Gasteiger partial charge in [-0.15, -0.1) is 0 Å². The molecule has 3 amide bonds. The second-order valence-electron chi connectivity index (χ2n) is 8.44. The Hall–Kier alpha value is -2.21. The third kappa shape index (κ3) is 3.83. The molecule has 150 valence electrons. The number of nitrogens with one attached hydrogen (secondary N) is 1. The minimum atomic E-state index is -0.260. The van der Waals surface area contributed by atoms with Crippen LogP contribution in [-0.2, 0) is 27.3 Å². The maximum absolute atomic E-state index is 12.9. The van der Waals surface area contributed by atoms with Gasteiger partial charge in [0.15, 0.2) is 0 Å². The molecule has 0 bridgehead atoms. The van der Waals surface area contributed by atoms with Crippen molar-refractivity contribution in [3.63, 3.8) is 0 Å². The predicted octanol–water partition coefficient (Wildman–Crippen LogP) is 1.89. The van der Waals surface area contributed by atoms with Gasteiger partial charge in [-0.1, -0.05) is 18.2 Å². The van der Waals surface area contributed by atoms with E-state index in [0.29, 0.717) is 31.8 Å². The van der Waals surface area contributed by atoms with Crippen LogP contribution in [0.5, 0.6) is 0 Å². The van der Waals surface area contributed by atoms with E-state index >= 15 is 0 Å². The Morgan fingerprint density at radius 3 is 2.57 bits per heavy atom.